The normalized spacial score (nSPS) is 11.1. The van der Waals surface area contributed by atoms with Crippen LogP contribution >= 0.6 is 11.3 Å². The molecule has 108 valence electrons. The highest BCUT2D eigenvalue weighted by molar-refractivity contribution is 7.21. The van der Waals surface area contributed by atoms with Crippen molar-refractivity contribution in [2.45, 2.75) is 6.92 Å². The molecule has 0 aliphatic carbocycles. The Balaban J connectivity index is 1.93. The van der Waals surface area contributed by atoms with Gasteiger partial charge in [0.15, 0.2) is 0 Å². The summed E-state index contributed by atoms with van der Waals surface area (Å²) in [6, 6.07) is 11.8. The van der Waals surface area contributed by atoms with Crippen molar-refractivity contribution in [2.75, 3.05) is 0 Å². The molecule has 2 aromatic carbocycles. The number of hydrogen-bond donors (Lipinski definition) is 1. The molecule has 0 fully saturated rings. The van der Waals surface area contributed by atoms with Crippen LogP contribution in [0.1, 0.15) is 5.56 Å². The Hall–Kier alpha value is -2.73. The lowest BCUT2D eigenvalue weighted by atomic mass is 10.1. The lowest BCUT2D eigenvalue weighted by Crippen LogP contribution is -1.93. The number of nitrogens with zero attached hydrogens (tertiary/aromatic N) is 4. The van der Waals surface area contributed by atoms with Crippen LogP contribution < -0.4 is 0 Å². The Morgan fingerprint density at radius 2 is 1.86 bits per heavy atom. The van der Waals surface area contributed by atoms with Crippen molar-refractivity contribution in [3.63, 3.8) is 0 Å². The van der Waals surface area contributed by atoms with E-state index in [-0.39, 0.29) is 5.75 Å². The van der Waals surface area contributed by atoms with Gasteiger partial charge in [0, 0.05) is 5.69 Å². The summed E-state index contributed by atoms with van der Waals surface area (Å²) in [6.07, 6.45) is 3.27. The lowest BCUT2D eigenvalue weighted by molar-refractivity contribution is 0.473. The second kappa shape index (κ2) is 4.92. The summed E-state index contributed by atoms with van der Waals surface area (Å²) in [5.41, 5.74) is 3.36. The summed E-state index contributed by atoms with van der Waals surface area (Å²) in [5.74, 6) is 0.260. The van der Waals surface area contributed by atoms with Gasteiger partial charge >= 0.3 is 0 Å². The first-order valence-corrected chi connectivity index (χ1v) is 7.58. The van der Waals surface area contributed by atoms with E-state index in [4.69, 9.17) is 0 Å². The molecule has 2 aromatic heterocycles. The first-order chi connectivity index (χ1) is 10.7. The molecule has 2 heterocycles. The van der Waals surface area contributed by atoms with Crippen LogP contribution in [0.15, 0.2) is 49.1 Å². The van der Waals surface area contributed by atoms with E-state index >= 15 is 0 Å². The highest BCUT2D eigenvalue weighted by Crippen LogP contribution is 2.38. The molecule has 5 nitrogen and oxygen atoms in total. The second-order valence-corrected chi connectivity index (χ2v) is 6.05. The Morgan fingerprint density at radius 1 is 1.09 bits per heavy atom. The van der Waals surface area contributed by atoms with E-state index in [1.54, 1.807) is 24.0 Å². The number of hydrogen-bond acceptors (Lipinski definition) is 5. The van der Waals surface area contributed by atoms with Gasteiger partial charge in [0.1, 0.15) is 23.4 Å². The zero-order valence-corrected chi connectivity index (χ0v) is 12.6. The third kappa shape index (κ3) is 2.05. The highest BCUT2D eigenvalue weighted by Gasteiger charge is 2.14. The summed E-state index contributed by atoms with van der Waals surface area (Å²) in [7, 11) is 0. The largest absolute Gasteiger partial charge is 0.507 e. The molecule has 6 heteroatoms. The van der Waals surface area contributed by atoms with E-state index < -0.39 is 0 Å². The van der Waals surface area contributed by atoms with Gasteiger partial charge in [-0.3, -0.25) is 4.57 Å². The molecule has 4 rings (SSSR count). The zero-order valence-electron chi connectivity index (χ0n) is 11.8. The number of fused-ring (bicyclic) bond motifs is 1. The van der Waals surface area contributed by atoms with Crippen LogP contribution in [0.25, 0.3) is 26.5 Å². The van der Waals surface area contributed by atoms with Crippen LogP contribution in [0.2, 0.25) is 0 Å². The second-order valence-electron chi connectivity index (χ2n) is 5.01. The molecular weight excluding hydrogens is 296 g/mol. The Morgan fingerprint density at radius 3 is 2.64 bits per heavy atom. The number of benzene rings is 2. The molecule has 0 radical (unpaired) electrons. The quantitative estimate of drug-likeness (QED) is 0.615. The first-order valence-electron chi connectivity index (χ1n) is 6.77. The SMILES string of the molecule is Cc1cc(-n2cnnc2)cc(-c2nc3ccccc3s2)c1O. The first kappa shape index (κ1) is 13.0. The van der Waals surface area contributed by atoms with Gasteiger partial charge in [0.05, 0.1) is 15.8 Å². The van der Waals surface area contributed by atoms with Crippen LogP contribution in [-0.4, -0.2) is 24.9 Å². The maximum absolute atomic E-state index is 10.4. The predicted molar refractivity (Wildman–Crippen MR) is 86.4 cm³/mol. The van der Waals surface area contributed by atoms with Gasteiger partial charge in [-0.15, -0.1) is 21.5 Å². The standard InChI is InChI=1S/C16H12N4OS/c1-10-6-11(20-8-17-18-9-20)7-12(15(10)21)16-19-13-4-2-3-5-14(13)22-16/h2-9,21H,1H3. The highest BCUT2D eigenvalue weighted by atomic mass is 32.1. The van der Waals surface area contributed by atoms with Gasteiger partial charge in [-0.25, -0.2) is 4.98 Å². The minimum absolute atomic E-state index is 0.260. The molecule has 0 atom stereocenters. The Labute approximate surface area is 130 Å². The van der Waals surface area contributed by atoms with Gasteiger partial charge < -0.3 is 5.11 Å². The summed E-state index contributed by atoms with van der Waals surface area (Å²) in [6.45, 7) is 1.88. The third-order valence-corrected chi connectivity index (χ3v) is 4.60. The van der Waals surface area contributed by atoms with Crippen molar-refractivity contribution < 1.29 is 5.11 Å². The Bertz CT molecular complexity index is 927. The van der Waals surface area contributed by atoms with Gasteiger partial charge in [0.25, 0.3) is 0 Å². The number of para-hydroxylation sites is 1. The zero-order chi connectivity index (χ0) is 15.1. The van der Waals surface area contributed by atoms with Crippen LogP contribution in [0.3, 0.4) is 0 Å². The van der Waals surface area contributed by atoms with Crippen molar-refractivity contribution in [2.24, 2.45) is 0 Å². The molecule has 0 amide bonds. The minimum Gasteiger partial charge on any atom is -0.507 e. The van der Waals surface area contributed by atoms with Gasteiger partial charge in [-0.05, 0) is 36.8 Å². The van der Waals surface area contributed by atoms with E-state index in [0.717, 1.165) is 32.0 Å². The summed E-state index contributed by atoms with van der Waals surface area (Å²) in [4.78, 5) is 4.63. The van der Waals surface area contributed by atoms with E-state index in [1.807, 2.05) is 47.9 Å². The van der Waals surface area contributed by atoms with Crippen LogP contribution in [0, 0.1) is 6.92 Å². The van der Waals surface area contributed by atoms with Crippen LogP contribution in [-0.2, 0) is 0 Å². The third-order valence-electron chi connectivity index (χ3n) is 3.53. The number of rotatable bonds is 2. The average molecular weight is 308 g/mol. The fourth-order valence-corrected chi connectivity index (χ4v) is 3.38. The fraction of sp³-hybridized carbons (Fsp3) is 0.0625. The Kier molecular flexibility index (Phi) is 2.90. The molecule has 1 N–H and O–H groups in total. The molecule has 0 aliphatic heterocycles. The van der Waals surface area contributed by atoms with Gasteiger partial charge in [0.2, 0.25) is 0 Å². The van der Waals surface area contributed by atoms with E-state index in [2.05, 4.69) is 15.2 Å². The summed E-state index contributed by atoms with van der Waals surface area (Å²) in [5, 5.41) is 18.9. The van der Waals surface area contributed by atoms with E-state index in [0.29, 0.717) is 0 Å². The maximum atomic E-state index is 10.4. The molecule has 0 saturated heterocycles. The average Bonchev–Trinajstić information content (AvgIpc) is 3.18. The van der Waals surface area contributed by atoms with Crippen molar-refractivity contribution >= 4 is 21.6 Å². The molecule has 22 heavy (non-hydrogen) atoms. The van der Waals surface area contributed by atoms with Crippen molar-refractivity contribution in [1.82, 2.24) is 19.7 Å². The molecule has 0 aliphatic rings. The van der Waals surface area contributed by atoms with Gasteiger partial charge in [-0.2, -0.15) is 0 Å². The molecule has 4 aromatic rings. The number of aromatic nitrogens is 4. The smallest absolute Gasteiger partial charge is 0.128 e. The topological polar surface area (TPSA) is 63.8 Å². The summed E-state index contributed by atoms with van der Waals surface area (Å²) >= 11 is 1.57. The van der Waals surface area contributed by atoms with Gasteiger partial charge in [-0.1, -0.05) is 12.1 Å². The number of phenolic OH excluding ortho intramolecular Hbond substituents is 1. The monoisotopic (exact) mass is 308 g/mol. The van der Waals surface area contributed by atoms with Crippen molar-refractivity contribution in [1.29, 1.82) is 0 Å². The molecular formula is C16H12N4OS. The molecule has 0 saturated carbocycles. The van der Waals surface area contributed by atoms with E-state index in [1.165, 1.54) is 0 Å². The number of aryl methyl sites for hydroxylation is 1. The van der Waals surface area contributed by atoms with E-state index in [9.17, 15) is 5.11 Å². The van der Waals surface area contributed by atoms with Crippen LogP contribution in [0.4, 0.5) is 0 Å². The lowest BCUT2D eigenvalue weighted by Gasteiger charge is -2.09. The predicted octanol–water partition coefficient (Wildman–Crippen LogP) is 3.56. The minimum atomic E-state index is 0.260. The number of phenols is 1. The van der Waals surface area contributed by atoms with Crippen molar-refractivity contribution in [3.8, 4) is 22.0 Å². The molecule has 0 spiro atoms. The fourth-order valence-electron chi connectivity index (χ4n) is 2.39. The number of thiazole rings is 1. The summed E-state index contributed by atoms with van der Waals surface area (Å²) < 4.78 is 2.91. The molecule has 0 unspecified atom stereocenters. The van der Waals surface area contributed by atoms with Crippen molar-refractivity contribution in [3.05, 3.63) is 54.6 Å². The number of aromatic hydroxyl groups is 1. The van der Waals surface area contributed by atoms with Crippen LogP contribution in [0.5, 0.6) is 5.75 Å². The molecule has 0 bridgehead atoms. The maximum Gasteiger partial charge on any atom is 0.128 e.